The highest BCUT2D eigenvalue weighted by molar-refractivity contribution is 5.94. The molecule has 2 aliphatic rings. The lowest BCUT2D eigenvalue weighted by molar-refractivity contribution is 0.209. The van der Waals surface area contributed by atoms with Crippen LogP contribution in [0.2, 0.25) is 0 Å². The maximum atomic E-state index is 12.5. The minimum atomic E-state index is 0.0521. The largest absolute Gasteiger partial charge is 0.324 e. The molecule has 114 valence electrons. The van der Waals surface area contributed by atoms with Gasteiger partial charge < -0.3 is 10.2 Å². The van der Waals surface area contributed by atoms with Gasteiger partial charge in [0.05, 0.1) is 0 Å². The Kier molecular flexibility index (Phi) is 3.66. The van der Waals surface area contributed by atoms with Crippen LogP contribution in [0.5, 0.6) is 0 Å². The second-order valence-corrected chi connectivity index (χ2v) is 6.63. The van der Waals surface area contributed by atoms with Gasteiger partial charge in [-0.3, -0.25) is 4.90 Å². The highest BCUT2D eigenvalue weighted by Crippen LogP contribution is 2.33. The number of urea groups is 1. The zero-order valence-electron chi connectivity index (χ0n) is 13.2. The number of amides is 2. The normalized spacial score (nSPS) is 26.2. The Morgan fingerprint density at radius 3 is 2.71 bits per heavy atom. The van der Waals surface area contributed by atoms with E-state index in [-0.39, 0.29) is 17.6 Å². The van der Waals surface area contributed by atoms with Crippen LogP contribution >= 0.6 is 0 Å². The lowest BCUT2D eigenvalue weighted by atomic mass is 9.90. The molecule has 0 aliphatic carbocycles. The van der Waals surface area contributed by atoms with E-state index in [0.717, 1.165) is 31.7 Å². The van der Waals surface area contributed by atoms with Crippen molar-refractivity contribution in [2.45, 2.75) is 45.2 Å². The van der Waals surface area contributed by atoms with Crippen LogP contribution in [0.4, 0.5) is 10.5 Å². The van der Waals surface area contributed by atoms with Crippen molar-refractivity contribution >= 4 is 11.7 Å². The van der Waals surface area contributed by atoms with Crippen molar-refractivity contribution in [2.75, 3.05) is 24.5 Å². The van der Waals surface area contributed by atoms with Gasteiger partial charge in [-0.05, 0) is 57.9 Å². The molecule has 0 bridgehead atoms. The van der Waals surface area contributed by atoms with Crippen LogP contribution in [-0.4, -0.2) is 36.6 Å². The van der Waals surface area contributed by atoms with Crippen molar-refractivity contribution in [1.29, 1.82) is 0 Å². The van der Waals surface area contributed by atoms with Gasteiger partial charge in [0, 0.05) is 30.4 Å². The molecular weight excluding hydrogens is 262 g/mol. The number of hydrogen-bond donors (Lipinski definition) is 1. The van der Waals surface area contributed by atoms with Crippen molar-refractivity contribution in [3.05, 3.63) is 29.8 Å². The molecule has 2 heterocycles. The van der Waals surface area contributed by atoms with Gasteiger partial charge in [-0.25, -0.2) is 4.79 Å². The molecule has 0 aromatic heterocycles. The van der Waals surface area contributed by atoms with Crippen LogP contribution in [0.3, 0.4) is 0 Å². The first-order valence-electron chi connectivity index (χ1n) is 7.95. The molecule has 1 N–H and O–H groups in total. The van der Waals surface area contributed by atoms with Crippen molar-refractivity contribution in [1.82, 2.24) is 10.2 Å². The second kappa shape index (κ2) is 5.34. The van der Waals surface area contributed by atoms with Crippen LogP contribution < -0.4 is 10.2 Å². The zero-order valence-corrected chi connectivity index (χ0v) is 13.2. The molecule has 1 atom stereocenters. The molecule has 2 saturated heterocycles. The maximum Gasteiger partial charge on any atom is 0.324 e. The average molecular weight is 287 g/mol. The number of nitrogens with one attached hydrogen (secondary N) is 1. The Balaban J connectivity index is 1.85. The first-order chi connectivity index (χ1) is 10.0. The monoisotopic (exact) mass is 287 g/mol. The summed E-state index contributed by atoms with van der Waals surface area (Å²) in [6.07, 6.45) is 2.37. The summed E-state index contributed by atoms with van der Waals surface area (Å²) in [6.45, 7) is 9.07. The lowest BCUT2D eigenvalue weighted by Crippen LogP contribution is -2.36. The number of carbonyl (C=O) groups is 1. The molecule has 3 rings (SSSR count). The number of carbonyl (C=O) groups excluding carboxylic acids is 1. The van der Waals surface area contributed by atoms with E-state index in [4.69, 9.17) is 0 Å². The standard InChI is InChI=1S/C17H25N3O/c1-13(2)19-10-11-20(16(19)21)15-7-4-6-14(12-15)17(3)8-5-9-18-17/h4,6-7,12-13,18H,5,8-11H2,1-3H3. The zero-order chi connectivity index (χ0) is 15.0. The van der Waals surface area contributed by atoms with Gasteiger partial charge in [-0.1, -0.05) is 12.1 Å². The Hall–Kier alpha value is -1.55. The fraction of sp³-hybridized carbons (Fsp3) is 0.588. The predicted octanol–water partition coefficient (Wildman–Crippen LogP) is 2.94. The summed E-state index contributed by atoms with van der Waals surface area (Å²) >= 11 is 0. The molecule has 0 radical (unpaired) electrons. The first-order valence-corrected chi connectivity index (χ1v) is 7.95. The van der Waals surface area contributed by atoms with E-state index in [1.165, 1.54) is 12.0 Å². The van der Waals surface area contributed by atoms with E-state index < -0.39 is 0 Å². The minimum absolute atomic E-state index is 0.0521. The van der Waals surface area contributed by atoms with Gasteiger partial charge in [-0.2, -0.15) is 0 Å². The molecule has 4 nitrogen and oxygen atoms in total. The van der Waals surface area contributed by atoms with Gasteiger partial charge in [0.2, 0.25) is 0 Å². The number of rotatable bonds is 3. The molecular formula is C17H25N3O. The van der Waals surface area contributed by atoms with Crippen LogP contribution in [-0.2, 0) is 5.54 Å². The summed E-state index contributed by atoms with van der Waals surface area (Å²) in [5, 5.41) is 3.59. The second-order valence-electron chi connectivity index (χ2n) is 6.63. The molecule has 1 aromatic rings. The summed E-state index contributed by atoms with van der Waals surface area (Å²) in [4.78, 5) is 16.3. The molecule has 0 saturated carbocycles. The quantitative estimate of drug-likeness (QED) is 0.928. The van der Waals surface area contributed by atoms with Gasteiger partial charge >= 0.3 is 6.03 Å². The topological polar surface area (TPSA) is 35.6 Å². The summed E-state index contributed by atoms with van der Waals surface area (Å²) in [5.41, 5.74) is 2.36. The summed E-state index contributed by atoms with van der Waals surface area (Å²) in [5.74, 6) is 0. The third kappa shape index (κ3) is 2.53. The molecule has 2 fully saturated rings. The lowest BCUT2D eigenvalue weighted by Gasteiger charge is -2.27. The van der Waals surface area contributed by atoms with E-state index in [9.17, 15) is 4.79 Å². The SMILES string of the molecule is CC(C)N1CCN(c2cccc(C3(C)CCCN3)c2)C1=O. The van der Waals surface area contributed by atoms with Crippen LogP contribution in [0.15, 0.2) is 24.3 Å². The smallest absolute Gasteiger partial charge is 0.320 e. The first kappa shape index (κ1) is 14.4. The van der Waals surface area contributed by atoms with Crippen molar-refractivity contribution < 1.29 is 4.79 Å². The third-order valence-corrected chi connectivity index (χ3v) is 4.83. The van der Waals surface area contributed by atoms with E-state index in [2.05, 4.69) is 44.3 Å². The van der Waals surface area contributed by atoms with Gasteiger partial charge in [0.1, 0.15) is 0 Å². The molecule has 2 amide bonds. The van der Waals surface area contributed by atoms with Crippen LogP contribution in [0.1, 0.15) is 39.2 Å². The number of nitrogens with zero attached hydrogens (tertiary/aromatic N) is 2. The van der Waals surface area contributed by atoms with E-state index in [0.29, 0.717) is 0 Å². The van der Waals surface area contributed by atoms with E-state index >= 15 is 0 Å². The van der Waals surface area contributed by atoms with Crippen LogP contribution in [0.25, 0.3) is 0 Å². The predicted molar refractivity (Wildman–Crippen MR) is 85.6 cm³/mol. The number of anilines is 1. The van der Waals surface area contributed by atoms with Crippen LogP contribution in [0, 0.1) is 0 Å². The fourth-order valence-corrected chi connectivity index (χ4v) is 3.43. The molecule has 1 unspecified atom stereocenters. The van der Waals surface area contributed by atoms with E-state index in [1.54, 1.807) is 0 Å². The molecule has 4 heteroatoms. The number of hydrogen-bond acceptors (Lipinski definition) is 2. The molecule has 0 spiro atoms. The van der Waals surface area contributed by atoms with Crippen molar-refractivity contribution in [3.63, 3.8) is 0 Å². The maximum absolute atomic E-state index is 12.5. The van der Waals surface area contributed by atoms with Crippen molar-refractivity contribution in [3.8, 4) is 0 Å². The molecule has 2 aliphatic heterocycles. The van der Waals surface area contributed by atoms with Crippen molar-refractivity contribution in [2.24, 2.45) is 0 Å². The van der Waals surface area contributed by atoms with Gasteiger partial charge in [0.15, 0.2) is 0 Å². The highest BCUT2D eigenvalue weighted by atomic mass is 16.2. The fourth-order valence-electron chi connectivity index (χ4n) is 3.43. The summed E-state index contributed by atoms with van der Waals surface area (Å²) in [7, 11) is 0. The van der Waals surface area contributed by atoms with Gasteiger partial charge in [0.25, 0.3) is 0 Å². The Labute approximate surface area is 127 Å². The Morgan fingerprint density at radius 1 is 1.29 bits per heavy atom. The average Bonchev–Trinajstić information content (AvgIpc) is 3.06. The summed E-state index contributed by atoms with van der Waals surface area (Å²) in [6, 6.07) is 8.86. The number of benzene rings is 1. The Bertz CT molecular complexity index is 535. The van der Waals surface area contributed by atoms with Gasteiger partial charge in [-0.15, -0.1) is 0 Å². The third-order valence-electron chi connectivity index (χ3n) is 4.83. The van der Waals surface area contributed by atoms with E-state index in [1.807, 2.05) is 15.9 Å². The summed E-state index contributed by atoms with van der Waals surface area (Å²) < 4.78 is 0. The molecule has 1 aromatic carbocycles. The molecule has 21 heavy (non-hydrogen) atoms. The highest BCUT2D eigenvalue weighted by Gasteiger charge is 2.33. The Morgan fingerprint density at radius 2 is 2.10 bits per heavy atom. The minimum Gasteiger partial charge on any atom is -0.320 e.